The first-order valence-corrected chi connectivity index (χ1v) is 6.65. The second-order valence-corrected chi connectivity index (χ2v) is 5.75. The van der Waals surface area contributed by atoms with Gasteiger partial charge in [-0.25, -0.2) is 0 Å². The van der Waals surface area contributed by atoms with E-state index in [0.717, 1.165) is 37.8 Å². The summed E-state index contributed by atoms with van der Waals surface area (Å²) < 4.78 is 2.10. The predicted octanol–water partition coefficient (Wildman–Crippen LogP) is 1.13. The number of likely N-dealkylation sites (tertiary alicyclic amines) is 1. The third kappa shape index (κ3) is 2.00. The highest BCUT2D eigenvalue weighted by Gasteiger charge is 2.50. The van der Waals surface area contributed by atoms with Crippen LogP contribution in [0.3, 0.4) is 0 Å². The molecule has 1 aromatic heterocycles. The van der Waals surface area contributed by atoms with E-state index < -0.39 is 0 Å². The first-order chi connectivity index (χ1) is 8.10. The summed E-state index contributed by atoms with van der Waals surface area (Å²) in [6.45, 7) is 8.28. The van der Waals surface area contributed by atoms with E-state index in [9.17, 15) is 0 Å². The van der Waals surface area contributed by atoms with Crippen molar-refractivity contribution in [1.82, 2.24) is 14.7 Å². The summed E-state index contributed by atoms with van der Waals surface area (Å²) in [7, 11) is 0. The molecule has 2 aliphatic rings. The van der Waals surface area contributed by atoms with Crippen LogP contribution in [0.25, 0.3) is 0 Å². The predicted molar refractivity (Wildman–Crippen MR) is 67.6 cm³/mol. The minimum absolute atomic E-state index is 0.131. The molecule has 1 saturated carbocycles. The van der Waals surface area contributed by atoms with Crippen LogP contribution >= 0.6 is 0 Å². The van der Waals surface area contributed by atoms with Crippen LogP contribution < -0.4 is 5.73 Å². The number of hydrogen-bond acceptors (Lipinski definition) is 3. The summed E-state index contributed by atoms with van der Waals surface area (Å²) in [4.78, 5) is 2.45. The first kappa shape index (κ1) is 11.2. The Hall–Kier alpha value is -0.870. The van der Waals surface area contributed by atoms with E-state index in [1.54, 1.807) is 0 Å². The lowest BCUT2D eigenvalue weighted by molar-refractivity contribution is 0.0455. The Bertz CT molecular complexity index is 413. The van der Waals surface area contributed by atoms with Crippen molar-refractivity contribution in [1.29, 1.82) is 0 Å². The third-order valence-corrected chi connectivity index (χ3v) is 4.10. The zero-order chi connectivity index (χ0) is 12.0. The Balaban J connectivity index is 1.61. The highest BCUT2D eigenvalue weighted by Crippen LogP contribution is 2.43. The summed E-state index contributed by atoms with van der Waals surface area (Å²) in [5.74, 6) is 0.802. The van der Waals surface area contributed by atoms with Gasteiger partial charge < -0.3 is 5.73 Å². The standard InChI is InChI=1S/C13H22N4/c1-3-17-12(6-10(2)15-17)7-16-8-13(14,9-16)11-4-5-11/h6,11H,3-5,7-9,14H2,1-2H3. The number of nitrogens with zero attached hydrogens (tertiary/aromatic N) is 3. The molecule has 2 fully saturated rings. The number of nitrogens with two attached hydrogens (primary N) is 1. The van der Waals surface area contributed by atoms with Crippen LogP contribution in [0, 0.1) is 12.8 Å². The van der Waals surface area contributed by atoms with E-state index in [2.05, 4.69) is 34.6 Å². The molecule has 1 saturated heterocycles. The van der Waals surface area contributed by atoms with E-state index in [0.29, 0.717) is 0 Å². The third-order valence-electron chi connectivity index (χ3n) is 4.10. The summed E-state index contributed by atoms with van der Waals surface area (Å²) in [5, 5.41) is 4.48. The molecule has 4 heteroatoms. The molecule has 1 aliphatic heterocycles. The molecule has 0 atom stereocenters. The lowest BCUT2D eigenvalue weighted by Gasteiger charge is -2.48. The monoisotopic (exact) mass is 234 g/mol. The summed E-state index contributed by atoms with van der Waals surface area (Å²) in [6.07, 6.45) is 2.69. The van der Waals surface area contributed by atoms with Gasteiger partial charge in [-0.15, -0.1) is 0 Å². The van der Waals surface area contributed by atoms with Gasteiger partial charge in [-0.2, -0.15) is 5.10 Å². The molecule has 0 aromatic carbocycles. The maximum atomic E-state index is 6.36. The SMILES string of the molecule is CCn1nc(C)cc1CN1CC(N)(C2CC2)C1. The van der Waals surface area contributed by atoms with Gasteiger partial charge in [0, 0.05) is 31.7 Å². The van der Waals surface area contributed by atoms with Crippen molar-refractivity contribution < 1.29 is 0 Å². The molecule has 4 nitrogen and oxygen atoms in total. The number of aryl methyl sites for hydroxylation is 2. The van der Waals surface area contributed by atoms with Gasteiger partial charge in [-0.1, -0.05) is 0 Å². The normalized spacial score (nSPS) is 23.7. The van der Waals surface area contributed by atoms with Gasteiger partial charge in [0.2, 0.25) is 0 Å². The van der Waals surface area contributed by atoms with Crippen molar-refractivity contribution in [2.45, 2.75) is 45.3 Å². The molecule has 1 aliphatic carbocycles. The van der Waals surface area contributed by atoms with Gasteiger partial charge in [0.15, 0.2) is 0 Å². The topological polar surface area (TPSA) is 47.1 Å². The Kier molecular flexibility index (Phi) is 2.52. The van der Waals surface area contributed by atoms with Crippen LogP contribution in [0.1, 0.15) is 31.2 Å². The molecule has 2 heterocycles. The second kappa shape index (κ2) is 3.82. The molecule has 0 radical (unpaired) electrons. The number of rotatable bonds is 4. The molecule has 3 rings (SSSR count). The quantitative estimate of drug-likeness (QED) is 0.849. The Morgan fingerprint density at radius 1 is 1.47 bits per heavy atom. The van der Waals surface area contributed by atoms with Gasteiger partial charge >= 0.3 is 0 Å². The molecule has 0 bridgehead atoms. The summed E-state index contributed by atoms with van der Waals surface area (Å²) in [6, 6.07) is 2.19. The van der Waals surface area contributed by atoms with E-state index in [1.165, 1.54) is 18.5 Å². The molecule has 2 N–H and O–H groups in total. The van der Waals surface area contributed by atoms with Gasteiger partial charge in [0.25, 0.3) is 0 Å². The largest absolute Gasteiger partial charge is 0.323 e. The second-order valence-electron chi connectivity index (χ2n) is 5.75. The van der Waals surface area contributed by atoms with Gasteiger partial charge in [-0.3, -0.25) is 9.58 Å². The van der Waals surface area contributed by atoms with E-state index in [-0.39, 0.29) is 5.54 Å². The van der Waals surface area contributed by atoms with E-state index in [4.69, 9.17) is 5.73 Å². The fourth-order valence-corrected chi connectivity index (χ4v) is 3.04. The minimum atomic E-state index is 0.131. The summed E-state index contributed by atoms with van der Waals surface area (Å²) >= 11 is 0. The molecule has 0 amide bonds. The first-order valence-electron chi connectivity index (χ1n) is 6.65. The Morgan fingerprint density at radius 3 is 2.76 bits per heavy atom. The van der Waals surface area contributed by atoms with Crippen molar-refractivity contribution in [2.24, 2.45) is 11.7 Å². The fourth-order valence-electron chi connectivity index (χ4n) is 3.04. The van der Waals surface area contributed by atoms with Crippen molar-refractivity contribution >= 4 is 0 Å². The van der Waals surface area contributed by atoms with Crippen LogP contribution in [0.4, 0.5) is 0 Å². The highest BCUT2D eigenvalue weighted by atomic mass is 15.3. The van der Waals surface area contributed by atoms with Crippen LogP contribution in [0.5, 0.6) is 0 Å². The van der Waals surface area contributed by atoms with Crippen molar-refractivity contribution in [3.63, 3.8) is 0 Å². The van der Waals surface area contributed by atoms with Gasteiger partial charge in [-0.05, 0) is 38.7 Å². The Morgan fingerprint density at radius 2 is 2.18 bits per heavy atom. The lowest BCUT2D eigenvalue weighted by atomic mass is 9.85. The average Bonchev–Trinajstić information content (AvgIpc) is 3.02. The fraction of sp³-hybridized carbons (Fsp3) is 0.769. The number of aromatic nitrogens is 2. The molecule has 17 heavy (non-hydrogen) atoms. The lowest BCUT2D eigenvalue weighted by Crippen LogP contribution is -2.68. The van der Waals surface area contributed by atoms with E-state index >= 15 is 0 Å². The number of hydrogen-bond donors (Lipinski definition) is 1. The molecular weight excluding hydrogens is 212 g/mol. The maximum Gasteiger partial charge on any atom is 0.0597 e. The van der Waals surface area contributed by atoms with Crippen LogP contribution in [-0.2, 0) is 13.1 Å². The minimum Gasteiger partial charge on any atom is -0.323 e. The van der Waals surface area contributed by atoms with Crippen molar-refractivity contribution in [2.75, 3.05) is 13.1 Å². The zero-order valence-electron chi connectivity index (χ0n) is 10.8. The van der Waals surface area contributed by atoms with Crippen LogP contribution in [0.2, 0.25) is 0 Å². The van der Waals surface area contributed by atoms with Crippen LogP contribution in [-0.4, -0.2) is 33.3 Å². The van der Waals surface area contributed by atoms with E-state index in [1.807, 2.05) is 0 Å². The van der Waals surface area contributed by atoms with Gasteiger partial charge in [0.05, 0.1) is 11.4 Å². The molecular formula is C13H22N4. The zero-order valence-corrected chi connectivity index (χ0v) is 10.8. The van der Waals surface area contributed by atoms with Crippen molar-refractivity contribution in [3.05, 3.63) is 17.5 Å². The smallest absolute Gasteiger partial charge is 0.0597 e. The van der Waals surface area contributed by atoms with Crippen LogP contribution in [0.15, 0.2) is 6.07 Å². The molecule has 0 spiro atoms. The Labute approximate surface area is 103 Å². The highest BCUT2D eigenvalue weighted by molar-refractivity contribution is 5.13. The molecule has 94 valence electrons. The summed E-state index contributed by atoms with van der Waals surface area (Å²) in [5.41, 5.74) is 8.93. The van der Waals surface area contributed by atoms with Crippen molar-refractivity contribution in [3.8, 4) is 0 Å². The molecule has 0 unspecified atom stereocenters. The average molecular weight is 234 g/mol. The molecule has 1 aromatic rings. The van der Waals surface area contributed by atoms with Gasteiger partial charge in [0.1, 0.15) is 0 Å². The maximum absolute atomic E-state index is 6.36.